The molecule has 0 atom stereocenters. The molecule has 2 aromatic rings. The quantitative estimate of drug-likeness (QED) is 0.645. The number of pyridine rings is 1. The lowest BCUT2D eigenvalue weighted by atomic mass is 9.81. The van der Waals surface area contributed by atoms with Crippen LogP contribution in [0, 0.1) is 11.8 Å². The molecule has 1 saturated heterocycles. The lowest BCUT2D eigenvalue weighted by molar-refractivity contribution is -0.142. The first kappa shape index (κ1) is 24.2. The van der Waals surface area contributed by atoms with Crippen LogP contribution >= 0.6 is 0 Å². The van der Waals surface area contributed by atoms with Crippen molar-refractivity contribution in [2.45, 2.75) is 39.2 Å². The Bertz CT molecular complexity index is 1120. The Kier molecular flexibility index (Phi) is 7.50. The van der Waals surface area contributed by atoms with E-state index in [-0.39, 0.29) is 23.4 Å². The molecule has 2 aromatic heterocycles. The van der Waals surface area contributed by atoms with Gasteiger partial charge in [0.25, 0.3) is 0 Å². The molecule has 0 radical (unpaired) electrons. The number of rotatable bonds is 6. The fourth-order valence-corrected chi connectivity index (χ4v) is 5.16. The zero-order chi connectivity index (χ0) is 24.2. The van der Waals surface area contributed by atoms with Gasteiger partial charge in [-0.25, -0.2) is 9.78 Å². The maximum Gasteiger partial charge on any atom is 0.330 e. The van der Waals surface area contributed by atoms with Gasteiger partial charge in [-0.1, -0.05) is 6.08 Å². The molecule has 0 bridgehead atoms. The molecule has 3 heterocycles. The highest BCUT2D eigenvalue weighted by molar-refractivity contribution is 5.79. The molecule has 9 heteroatoms. The number of methoxy groups -OCH3 is 1. The van der Waals surface area contributed by atoms with E-state index in [2.05, 4.69) is 0 Å². The van der Waals surface area contributed by atoms with Crippen molar-refractivity contribution in [1.82, 2.24) is 23.9 Å². The molecule has 0 spiro atoms. The van der Waals surface area contributed by atoms with Gasteiger partial charge in [0.15, 0.2) is 5.65 Å². The smallest absolute Gasteiger partial charge is 0.330 e. The number of fused-ring (bicyclic) bond motifs is 1. The Balaban J connectivity index is 1.39. The molecule has 1 saturated carbocycles. The van der Waals surface area contributed by atoms with E-state index in [1.54, 1.807) is 35.1 Å². The highest BCUT2D eigenvalue weighted by Gasteiger charge is 2.32. The van der Waals surface area contributed by atoms with E-state index in [4.69, 9.17) is 9.72 Å². The molecule has 1 aliphatic carbocycles. The molecule has 0 N–H and O–H groups in total. The number of amides is 2. The van der Waals surface area contributed by atoms with Crippen LogP contribution in [0.1, 0.15) is 38.3 Å². The maximum absolute atomic E-state index is 13.0. The summed E-state index contributed by atoms with van der Waals surface area (Å²) in [6, 6.07) is 3.85. The predicted octanol–water partition coefficient (Wildman–Crippen LogP) is 1.89. The van der Waals surface area contributed by atoms with Crippen LogP contribution in [0.3, 0.4) is 0 Å². The van der Waals surface area contributed by atoms with E-state index in [1.807, 2.05) is 29.2 Å². The molecule has 2 amide bonds. The Morgan fingerprint density at radius 3 is 2.41 bits per heavy atom. The molecule has 2 aliphatic rings. The SMILES string of the molecule is COC/C=C/c1ccc2c(n1)n(CC1CCC(C(=O)N3CCN(C(C)=O)CC3)CC1)c(=O)n2C. The fraction of sp³-hybridized carbons (Fsp3) is 0.600. The van der Waals surface area contributed by atoms with E-state index in [0.717, 1.165) is 36.9 Å². The topological polar surface area (TPSA) is 89.7 Å². The number of hydrogen-bond acceptors (Lipinski definition) is 5. The molecule has 0 unspecified atom stereocenters. The summed E-state index contributed by atoms with van der Waals surface area (Å²) < 4.78 is 8.50. The van der Waals surface area contributed by atoms with Gasteiger partial charge < -0.3 is 14.5 Å². The number of nitrogens with zero attached hydrogens (tertiary/aromatic N) is 5. The second kappa shape index (κ2) is 10.5. The van der Waals surface area contributed by atoms with Gasteiger partial charge >= 0.3 is 5.69 Å². The van der Waals surface area contributed by atoms with Crippen LogP contribution in [0.4, 0.5) is 0 Å². The first-order valence-electron chi connectivity index (χ1n) is 12.1. The zero-order valence-corrected chi connectivity index (χ0v) is 20.4. The van der Waals surface area contributed by atoms with Crippen molar-refractivity contribution in [1.29, 1.82) is 0 Å². The van der Waals surface area contributed by atoms with Gasteiger partial charge in [-0.15, -0.1) is 0 Å². The van der Waals surface area contributed by atoms with E-state index in [1.165, 1.54) is 0 Å². The minimum absolute atomic E-state index is 0.0417. The highest BCUT2D eigenvalue weighted by Crippen LogP contribution is 2.31. The largest absolute Gasteiger partial charge is 0.381 e. The lowest BCUT2D eigenvalue weighted by Crippen LogP contribution is -2.51. The summed E-state index contributed by atoms with van der Waals surface area (Å²) in [5.41, 5.74) is 2.27. The Hall–Kier alpha value is -2.94. The first-order chi connectivity index (χ1) is 16.4. The number of hydrogen-bond donors (Lipinski definition) is 0. The van der Waals surface area contributed by atoms with Crippen molar-refractivity contribution in [2.24, 2.45) is 18.9 Å². The maximum atomic E-state index is 13.0. The number of carbonyl (C=O) groups is 2. The summed E-state index contributed by atoms with van der Waals surface area (Å²) in [6.45, 7) is 5.19. The number of piperazine rings is 1. The molecule has 9 nitrogen and oxygen atoms in total. The average molecular weight is 470 g/mol. The molecule has 0 aromatic carbocycles. The molecular weight excluding hydrogens is 434 g/mol. The molecule has 1 aliphatic heterocycles. The van der Waals surface area contributed by atoms with Crippen molar-refractivity contribution in [3.8, 4) is 0 Å². The second-order valence-electron chi connectivity index (χ2n) is 9.44. The summed E-state index contributed by atoms with van der Waals surface area (Å²) in [7, 11) is 3.43. The van der Waals surface area contributed by atoms with Gasteiger partial charge in [0.2, 0.25) is 11.8 Å². The molecule has 184 valence electrons. The molecule has 34 heavy (non-hydrogen) atoms. The third-order valence-electron chi connectivity index (χ3n) is 7.24. The van der Waals surface area contributed by atoms with Crippen molar-refractivity contribution >= 4 is 29.1 Å². The summed E-state index contributed by atoms with van der Waals surface area (Å²) in [4.78, 5) is 45.9. The standard InChI is InChI=1S/C25H35N5O4/c1-18(31)28-12-14-29(15-13-28)24(32)20-8-6-19(7-9-20)17-30-23-22(27(2)25(30)33)11-10-21(26-23)5-4-16-34-3/h4-5,10-11,19-20H,6-9,12-17H2,1-3H3/b5-4+. The van der Waals surface area contributed by atoms with Crippen molar-refractivity contribution in [2.75, 3.05) is 39.9 Å². The summed E-state index contributed by atoms with van der Waals surface area (Å²) >= 11 is 0. The van der Waals surface area contributed by atoms with E-state index >= 15 is 0 Å². The minimum atomic E-state index is -0.0536. The number of aryl methyl sites for hydroxylation is 1. The number of imidazole rings is 1. The van der Waals surface area contributed by atoms with Gasteiger partial charge in [0.1, 0.15) is 0 Å². The molecule has 4 rings (SSSR count). The predicted molar refractivity (Wildman–Crippen MR) is 130 cm³/mol. The Labute approximate surface area is 200 Å². The summed E-state index contributed by atoms with van der Waals surface area (Å²) in [5.74, 6) is 0.679. The lowest BCUT2D eigenvalue weighted by Gasteiger charge is -2.37. The van der Waals surface area contributed by atoms with Gasteiger partial charge in [0.05, 0.1) is 17.8 Å². The highest BCUT2D eigenvalue weighted by atomic mass is 16.5. The number of aromatic nitrogens is 3. The minimum Gasteiger partial charge on any atom is -0.381 e. The normalized spacial score (nSPS) is 21.5. The van der Waals surface area contributed by atoms with Crippen molar-refractivity contribution in [3.63, 3.8) is 0 Å². The number of carbonyl (C=O) groups excluding carboxylic acids is 2. The van der Waals surface area contributed by atoms with Crippen LogP contribution in [0.5, 0.6) is 0 Å². The average Bonchev–Trinajstić information content (AvgIpc) is 3.08. The first-order valence-corrected chi connectivity index (χ1v) is 12.1. The summed E-state index contributed by atoms with van der Waals surface area (Å²) in [5, 5.41) is 0. The fourth-order valence-electron chi connectivity index (χ4n) is 5.16. The van der Waals surface area contributed by atoms with E-state index < -0.39 is 0 Å². The Morgan fingerprint density at radius 1 is 1.09 bits per heavy atom. The van der Waals surface area contributed by atoms with Crippen molar-refractivity contribution in [3.05, 3.63) is 34.4 Å². The van der Waals surface area contributed by atoms with Gasteiger partial charge in [0, 0.05) is 59.7 Å². The summed E-state index contributed by atoms with van der Waals surface area (Å²) in [6.07, 6.45) is 7.32. The monoisotopic (exact) mass is 469 g/mol. The van der Waals surface area contributed by atoms with Gasteiger partial charge in [-0.3, -0.25) is 18.7 Å². The van der Waals surface area contributed by atoms with Crippen molar-refractivity contribution < 1.29 is 14.3 Å². The molecular formula is C25H35N5O4. The van der Waals surface area contributed by atoms with E-state index in [0.29, 0.717) is 50.9 Å². The molecule has 2 fully saturated rings. The van der Waals surface area contributed by atoms with Crippen LogP contribution in [-0.2, 0) is 27.9 Å². The van der Waals surface area contributed by atoms with Crippen LogP contribution in [0.2, 0.25) is 0 Å². The van der Waals surface area contributed by atoms with Crippen LogP contribution in [0.25, 0.3) is 17.2 Å². The van der Waals surface area contributed by atoms with Crippen LogP contribution < -0.4 is 5.69 Å². The number of ether oxygens (including phenoxy) is 1. The Morgan fingerprint density at radius 2 is 1.76 bits per heavy atom. The van der Waals surface area contributed by atoms with E-state index in [9.17, 15) is 14.4 Å². The second-order valence-corrected chi connectivity index (χ2v) is 9.44. The van der Waals surface area contributed by atoms with Gasteiger partial charge in [-0.2, -0.15) is 0 Å². The van der Waals surface area contributed by atoms with Gasteiger partial charge in [-0.05, 0) is 49.8 Å². The third kappa shape index (κ3) is 5.09. The van der Waals surface area contributed by atoms with Crippen LogP contribution in [-0.4, -0.2) is 75.6 Å². The zero-order valence-electron chi connectivity index (χ0n) is 20.4. The third-order valence-corrected chi connectivity index (χ3v) is 7.24. The van der Waals surface area contributed by atoms with Crippen LogP contribution in [0.15, 0.2) is 23.0 Å².